The molecule has 37 heavy (non-hydrogen) atoms. The molecule has 8 nitrogen and oxygen atoms in total. The number of halogens is 3. The molecule has 0 unspecified atom stereocenters. The topological polar surface area (TPSA) is 99.0 Å². The fourth-order valence-corrected chi connectivity index (χ4v) is 4.35. The molecule has 0 saturated carbocycles. The fraction of sp³-hybridized carbons (Fsp3) is 0.269. The first-order valence-corrected chi connectivity index (χ1v) is 11.6. The minimum atomic E-state index is -4.44. The van der Waals surface area contributed by atoms with E-state index >= 15 is 0 Å². The Morgan fingerprint density at radius 2 is 1.86 bits per heavy atom. The lowest BCUT2D eigenvalue weighted by Gasteiger charge is -2.42. The highest BCUT2D eigenvalue weighted by Gasteiger charge is 2.40. The van der Waals surface area contributed by atoms with Crippen molar-refractivity contribution in [2.75, 3.05) is 18.5 Å². The maximum atomic E-state index is 13.5. The van der Waals surface area contributed by atoms with E-state index in [-0.39, 0.29) is 23.3 Å². The molecule has 0 aliphatic carbocycles. The van der Waals surface area contributed by atoms with Gasteiger partial charge in [0.1, 0.15) is 12.0 Å². The molecule has 1 saturated heterocycles. The van der Waals surface area contributed by atoms with Crippen molar-refractivity contribution in [1.82, 2.24) is 19.5 Å². The predicted octanol–water partition coefficient (Wildman–Crippen LogP) is 4.39. The zero-order valence-electron chi connectivity index (χ0n) is 19.7. The monoisotopic (exact) mass is 509 g/mol. The number of ketones is 1. The van der Waals surface area contributed by atoms with Crippen molar-refractivity contribution < 1.29 is 27.5 Å². The molecule has 0 radical (unpaired) electrons. The predicted molar refractivity (Wildman–Crippen MR) is 128 cm³/mol. The third-order valence-corrected chi connectivity index (χ3v) is 6.55. The van der Waals surface area contributed by atoms with Gasteiger partial charge in [-0.05, 0) is 30.2 Å². The maximum absolute atomic E-state index is 13.5. The average Bonchev–Trinajstić information content (AvgIpc) is 3.23. The minimum Gasteiger partial charge on any atom is -0.376 e. The normalized spacial score (nSPS) is 14.8. The largest absolute Gasteiger partial charge is 0.416 e. The van der Waals surface area contributed by atoms with Gasteiger partial charge in [0.15, 0.2) is 5.78 Å². The summed E-state index contributed by atoms with van der Waals surface area (Å²) in [7, 11) is 0. The molecule has 0 bridgehead atoms. The van der Waals surface area contributed by atoms with Crippen LogP contribution < -0.4 is 5.32 Å². The van der Waals surface area contributed by atoms with Crippen LogP contribution in [-0.2, 0) is 27.7 Å². The van der Waals surface area contributed by atoms with Crippen LogP contribution in [-0.4, -0.2) is 44.4 Å². The zero-order valence-corrected chi connectivity index (χ0v) is 19.7. The summed E-state index contributed by atoms with van der Waals surface area (Å²) in [5.74, 6) is -0.762. The first-order chi connectivity index (χ1) is 17.7. The molecule has 5 rings (SSSR count). The van der Waals surface area contributed by atoms with Crippen LogP contribution >= 0.6 is 0 Å². The number of amides is 1. The summed E-state index contributed by atoms with van der Waals surface area (Å²) in [6, 6.07) is 5.89. The van der Waals surface area contributed by atoms with Crippen molar-refractivity contribution in [2.24, 2.45) is 0 Å². The number of hydrogen-bond donors (Lipinski definition) is 1. The molecule has 190 valence electrons. The van der Waals surface area contributed by atoms with Gasteiger partial charge in [-0.3, -0.25) is 14.6 Å². The molecule has 1 fully saturated rings. The number of anilines is 1. The van der Waals surface area contributed by atoms with Crippen LogP contribution in [0, 0.1) is 0 Å². The molecule has 1 aromatic carbocycles. The van der Waals surface area contributed by atoms with Gasteiger partial charge in [0.2, 0.25) is 5.91 Å². The van der Waals surface area contributed by atoms with Crippen molar-refractivity contribution in [2.45, 2.75) is 31.5 Å². The van der Waals surface area contributed by atoms with Gasteiger partial charge >= 0.3 is 6.18 Å². The van der Waals surface area contributed by atoms with Gasteiger partial charge in [-0.25, -0.2) is 9.97 Å². The lowest BCUT2D eigenvalue weighted by molar-refractivity contribution is -0.137. The van der Waals surface area contributed by atoms with E-state index in [9.17, 15) is 22.8 Å². The van der Waals surface area contributed by atoms with E-state index in [1.54, 1.807) is 12.4 Å². The average molecular weight is 509 g/mol. The Labute approximate surface area is 209 Å². The number of fused-ring (bicyclic) bond motifs is 1. The van der Waals surface area contributed by atoms with E-state index < -0.39 is 17.6 Å². The van der Waals surface area contributed by atoms with Crippen LogP contribution in [0.1, 0.15) is 40.4 Å². The maximum Gasteiger partial charge on any atom is 0.416 e. The molecule has 4 aromatic rings. The minimum absolute atomic E-state index is 0.137. The number of alkyl halides is 3. The first kappa shape index (κ1) is 24.6. The van der Waals surface area contributed by atoms with E-state index in [4.69, 9.17) is 4.74 Å². The lowest BCUT2D eigenvalue weighted by atomic mass is 9.94. The Morgan fingerprint density at radius 3 is 2.51 bits per heavy atom. The molecule has 11 heteroatoms. The standard InChI is InChI=1S/C26H22F3N5O3/c1-2-25(13-37-14-25)34-12-21(20-11-31-15-32-24(20)34)23(36)17-8-19(10-30-9-17)33-22(35)7-16-3-5-18(6-4-16)26(27,28)29/h3-6,8-12,15H,2,7,13-14H2,1H3,(H,33,35). The highest BCUT2D eigenvalue weighted by Crippen LogP contribution is 2.35. The number of carbonyl (C=O) groups excluding carboxylic acids is 2. The van der Waals surface area contributed by atoms with Gasteiger partial charge < -0.3 is 14.6 Å². The van der Waals surface area contributed by atoms with Crippen LogP contribution in [0.25, 0.3) is 11.0 Å². The third-order valence-electron chi connectivity index (χ3n) is 6.55. The fourth-order valence-electron chi connectivity index (χ4n) is 4.35. The third kappa shape index (κ3) is 4.69. The van der Waals surface area contributed by atoms with E-state index in [1.807, 2.05) is 4.57 Å². The smallest absolute Gasteiger partial charge is 0.376 e. The number of ether oxygens (including phenoxy) is 1. The molecular weight excluding hydrogens is 487 g/mol. The van der Waals surface area contributed by atoms with Crippen LogP contribution in [0.15, 0.2) is 61.4 Å². The Bertz CT molecular complexity index is 1470. The number of benzene rings is 1. The van der Waals surface area contributed by atoms with Crippen LogP contribution in [0.3, 0.4) is 0 Å². The van der Waals surface area contributed by atoms with Gasteiger partial charge in [0.05, 0.1) is 48.2 Å². The van der Waals surface area contributed by atoms with Crippen LogP contribution in [0.2, 0.25) is 0 Å². The van der Waals surface area contributed by atoms with Crippen molar-refractivity contribution in [3.05, 3.63) is 83.7 Å². The van der Waals surface area contributed by atoms with Gasteiger partial charge in [0, 0.05) is 29.5 Å². The second-order valence-electron chi connectivity index (χ2n) is 8.95. The van der Waals surface area contributed by atoms with Gasteiger partial charge in [-0.2, -0.15) is 13.2 Å². The quantitative estimate of drug-likeness (QED) is 0.371. The number of nitrogens with zero attached hydrogens (tertiary/aromatic N) is 4. The number of carbonyl (C=O) groups is 2. The summed E-state index contributed by atoms with van der Waals surface area (Å²) in [6.45, 7) is 3.09. The number of hydrogen-bond acceptors (Lipinski definition) is 6. The molecule has 1 aliphatic rings. The number of nitrogens with one attached hydrogen (secondary N) is 1. The zero-order chi connectivity index (χ0) is 26.2. The summed E-state index contributed by atoms with van der Waals surface area (Å²) in [5, 5.41) is 3.25. The second-order valence-corrected chi connectivity index (χ2v) is 8.95. The SMILES string of the molecule is CCC1(n2cc(C(=O)c3cncc(NC(=O)Cc4ccc(C(F)(F)F)cc4)c3)c3cncnc32)COC1. The highest BCUT2D eigenvalue weighted by atomic mass is 19.4. The number of pyridine rings is 1. The van der Waals surface area contributed by atoms with E-state index in [2.05, 4.69) is 27.2 Å². The van der Waals surface area contributed by atoms with Crippen molar-refractivity contribution in [3.63, 3.8) is 0 Å². The summed E-state index contributed by atoms with van der Waals surface area (Å²) < 4.78 is 45.7. The number of rotatable bonds is 7. The Morgan fingerprint density at radius 1 is 1.11 bits per heavy atom. The van der Waals surface area contributed by atoms with Crippen molar-refractivity contribution in [1.29, 1.82) is 0 Å². The molecule has 1 aliphatic heterocycles. The first-order valence-electron chi connectivity index (χ1n) is 11.6. The Hall–Kier alpha value is -4.12. The van der Waals surface area contributed by atoms with Crippen molar-refractivity contribution in [3.8, 4) is 0 Å². The highest BCUT2D eigenvalue weighted by molar-refractivity contribution is 6.16. The Balaban J connectivity index is 1.36. The molecule has 1 N–H and O–H groups in total. The summed E-state index contributed by atoms with van der Waals surface area (Å²) in [4.78, 5) is 38.6. The second kappa shape index (κ2) is 9.40. The number of aromatic nitrogens is 4. The summed E-state index contributed by atoms with van der Waals surface area (Å²) in [5.41, 5.74) is 0.947. The van der Waals surface area contributed by atoms with Crippen LogP contribution in [0.5, 0.6) is 0 Å². The molecule has 1 amide bonds. The Kier molecular flexibility index (Phi) is 6.24. The van der Waals surface area contributed by atoms with Crippen LogP contribution in [0.4, 0.5) is 18.9 Å². The van der Waals surface area contributed by atoms with Crippen molar-refractivity contribution >= 4 is 28.4 Å². The summed E-state index contributed by atoms with van der Waals surface area (Å²) >= 11 is 0. The molecule has 0 atom stereocenters. The van der Waals surface area contributed by atoms with E-state index in [1.165, 1.54) is 36.9 Å². The molecule has 3 aromatic heterocycles. The van der Waals surface area contributed by atoms with Gasteiger partial charge in [-0.15, -0.1) is 0 Å². The lowest BCUT2D eigenvalue weighted by Crippen LogP contribution is -2.50. The molecule has 0 spiro atoms. The van der Waals surface area contributed by atoms with Gasteiger partial charge in [0.25, 0.3) is 0 Å². The molecular formula is C26H22F3N5O3. The summed E-state index contributed by atoms with van der Waals surface area (Å²) in [6.07, 6.45) is 3.82. The van der Waals surface area contributed by atoms with E-state index in [0.29, 0.717) is 41.1 Å². The van der Waals surface area contributed by atoms with E-state index in [0.717, 1.165) is 18.6 Å². The molecule has 4 heterocycles. The van der Waals surface area contributed by atoms with Gasteiger partial charge in [-0.1, -0.05) is 19.1 Å².